The summed E-state index contributed by atoms with van der Waals surface area (Å²) in [5, 5.41) is 8.06. The zero-order valence-corrected chi connectivity index (χ0v) is 5.57. The molecule has 0 heterocycles. The molecule has 0 aromatic heterocycles. The van der Waals surface area contributed by atoms with Crippen LogP contribution in [0.25, 0.3) is 0 Å². The number of carboxylic acid groups (broad SMARTS) is 1. The summed E-state index contributed by atoms with van der Waals surface area (Å²) in [4.78, 5) is 9.81. The van der Waals surface area contributed by atoms with E-state index in [4.69, 9.17) is 5.11 Å². The summed E-state index contributed by atoms with van der Waals surface area (Å²) in [6.07, 6.45) is -0.681. The van der Waals surface area contributed by atoms with Gasteiger partial charge in [0.1, 0.15) is 0 Å². The van der Waals surface area contributed by atoms with Gasteiger partial charge in [0, 0.05) is 7.11 Å². The van der Waals surface area contributed by atoms with Crippen LogP contribution >= 0.6 is 12.4 Å². The van der Waals surface area contributed by atoms with Crippen molar-refractivity contribution in [1.29, 1.82) is 0 Å². The van der Waals surface area contributed by atoms with Crippen LogP contribution in [0.5, 0.6) is 0 Å². The van der Waals surface area contributed by atoms with E-state index in [9.17, 15) is 4.79 Å². The minimum Gasteiger partial charge on any atom is -0.479 e. The van der Waals surface area contributed by atoms with Crippen molar-refractivity contribution < 1.29 is 14.6 Å². The first-order chi connectivity index (χ1) is 3.18. The fourth-order valence-corrected chi connectivity index (χ4v) is 0.101. The Bertz CT molecular complexity index is 73.7. The van der Waals surface area contributed by atoms with Gasteiger partial charge in [-0.15, -0.1) is 12.4 Å². The maximum absolute atomic E-state index is 9.81. The fraction of sp³-hybridized carbons (Fsp3) is 0.750. The number of aliphatic carboxylic acids is 1. The lowest BCUT2D eigenvalue weighted by Crippen LogP contribution is -2.17. The lowest BCUT2D eigenvalue weighted by atomic mass is 10.4. The zero-order valence-electron chi connectivity index (χ0n) is 4.75. The molecule has 0 aromatic rings. The Morgan fingerprint density at radius 1 is 1.75 bits per heavy atom. The van der Waals surface area contributed by atoms with Gasteiger partial charge in [-0.2, -0.15) is 0 Å². The Morgan fingerprint density at radius 2 is 2.12 bits per heavy atom. The van der Waals surface area contributed by atoms with Gasteiger partial charge in [-0.25, -0.2) is 4.79 Å². The zero-order chi connectivity index (χ0) is 5.86. The Labute approximate surface area is 54.1 Å². The van der Waals surface area contributed by atoms with E-state index in [0.717, 1.165) is 0 Å². The third-order valence-corrected chi connectivity index (χ3v) is 0.701. The smallest absolute Gasteiger partial charge is 0.332 e. The summed E-state index contributed by atoms with van der Waals surface area (Å²) in [5.74, 6) is -0.928. The third kappa shape index (κ3) is 3.89. The summed E-state index contributed by atoms with van der Waals surface area (Å²) < 4.78 is 4.41. The Morgan fingerprint density at radius 3 is 2.12 bits per heavy atom. The van der Waals surface area contributed by atoms with Crippen molar-refractivity contribution >= 4 is 18.4 Å². The lowest BCUT2D eigenvalue weighted by molar-refractivity contribution is -0.147. The van der Waals surface area contributed by atoms with Gasteiger partial charge in [-0.05, 0) is 6.92 Å². The predicted octanol–water partition coefficient (Wildman–Crippen LogP) is 0.528. The number of methoxy groups -OCH3 is 1. The molecule has 0 bridgehead atoms. The second-order valence-corrected chi connectivity index (χ2v) is 1.22. The Balaban J connectivity index is 0. The summed E-state index contributed by atoms with van der Waals surface area (Å²) in [5.41, 5.74) is 0. The quantitative estimate of drug-likeness (QED) is 0.609. The highest BCUT2D eigenvalue weighted by Crippen LogP contribution is 1.83. The van der Waals surface area contributed by atoms with Gasteiger partial charge in [-0.3, -0.25) is 0 Å². The second-order valence-electron chi connectivity index (χ2n) is 1.22. The van der Waals surface area contributed by atoms with Gasteiger partial charge in [0.25, 0.3) is 0 Å². The van der Waals surface area contributed by atoms with E-state index >= 15 is 0 Å². The number of hydrogen-bond acceptors (Lipinski definition) is 2. The van der Waals surface area contributed by atoms with Crippen LogP contribution in [-0.4, -0.2) is 24.3 Å². The maximum atomic E-state index is 9.81. The second kappa shape index (κ2) is 4.87. The van der Waals surface area contributed by atoms with E-state index in [-0.39, 0.29) is 12.4 Å². The van der Waals surface area contributed by atoms with Crippen molar-refractivity contribution in [3.8, 4) is 0 Å². The highest BCUT2D eigenvalue weighted by Gasteiger charge is 2.06. The Kier molecular flexibility index (Phi) is 6.48. The summed E-state index contributed by atoms with van der Waals surface area (Å²) in [7, 11) is 1.36. The molecule has 4 heteroatoms. The number of carboxylic acids is 1. The standard InChI is InChI=1S/C4H8O3.ClH/c1-3(7-2)4(5)6;/h3H,1-2H3,(H,5,6);1H/t3-;/m0./s1. The van der Waals surface area contributed by atoms with E-state index in [1.807, 2.05) is 0 Å². The molecule has 8 heavy (non-hydrogen) atoms. The topological polar surface area (TPSA) is 46.5 Å². The van der Waals surface area contributed by atoms with E-state index in [0.29, 0.717) is 0 Å². The molecule has 1 N–H and O–H groups in total. The van der Waals surface area contributed by atoms with Crippen LogP contribution in [0.4, 0.5) is 0 Å². The minimum absolute atomic E-state index is 0. The summed E-state index contributed by atoms with van der Waals surface area (Å²) >= 11 is 0. The van der Waals surface area contributed by atoms with Gasteiger partial charge >= 0.3 is 5.97 Å². The van der Waals surface area contributed by atoms with Crippen molar-refractivity contribution in [2.24, 2.45) is 0 Å². The van der Waals surface area contributed by atoms with Crippen LogP contribution in [0.1, 0.15) is 6.92 Å². The number of halogens is 1. The molecule has 0 spiro atoms. The number of hydrogen-bond donors (Lipinski definition) is 1. The van der Waals surface area contributed by atoms with Gasteiger partial charge in [0.15, 0.2) is 6.10 Å². The molecular weight excluding hydrogens is 131 g/mol. The van der Waals surface area contributed by atoms with E-state index in [1.54, 1.807) is 0 Å². The third-order valence-electron chi connectivity index (χ3n) is 0.701. The van der Waals surface area contributed by atoms with E-state index in [1.165, 1.54) is 14.0 Å². The molecule has 0 amide bonds. The van der Waals surface area contributed by atoms with Gasteiger partial charge in [0.05, 0.1) is 0 Å². The van der Waals surface area contributed by atoms with Crippen LogP contribution in [0.15, 0.2) is 0 Å². The van der Waals surface area contributed by atoms with Crippen LogP contribution in [0.2, 0.25) is 0 Å². The monoisotopic (exact) mass is 140 g/mol. The molecule has 0 saturated carbocycles. The molecule has 1 atom stereocenters. The number of carbonyl (C=O) groups is 1. The van der Waals surface area contributed by atoms with Crippen molar-refractivity contribution in [2.75, 3.05) is 7.11 Å². The summed E-state index contributed by atoms with van der Waals surface area (Å²) in [6.45, 7) is 1.47. The van der Waals surface area contributed by atoms with E-state index < -0.39 is 12.1 Å². The molecule has 0 saturated heterocycles. The number of rotatable bonds is 2. The first-order valence-corrected chi connectivity index (χ1v) is 1.94. The van der Waals surface area contributed by atoms with Gasteiger partial charge < -0.3 is 9.84 Å². The SMILES string of the molecule is CO[C@@H](C)C(=O)O.Cl. The first kappa shape index (κ1) is 10.7. The highest BCUT2D eigenvalue weighted by molar-refractivity contribution is 5.85. The fourth-order valence-electron chi connectivity index (χ4n) is 0.101. The van der Waals surface area contributed by atoms with Crippen molar-refractivity contribution in [2.45, 2.75) is 13.0 Å². The predicted molar refractivity (Wildman–Crippen MR) is 31.4 cm³/mol. The minimum atomic E-state index is -0.928. The van der Waals surface area contributed by atoms with Crippen LogP contribution in [0, 0.1) is 0 Å². The molecular formula is C4H9ClO3. The van der Waals surface area contributed by atoms with Crippen LogP contribution < -0.4 is 0 Å². The molecule has 0 aliphatic carbocycles. The van der Waals surface area contributed by atoms with Crippen molar-refractivity contribution in [3.05, 3.63) is 0 Å². The first-order valence-electron chi connectivity index (χ1n) is 1.94. The molecule has 3 nitrogen and oxygen atoms in total. The molecule has 0 fully saturated rings. The van der Waals surface area contributed by atoms with Gasteiger partial charge in [-0.1, -0.05) is 0 Å². The molecule has 0 unspecified atom stereocenters. The van der Waals surface area contributed by atoms with Gasteiger partial charge in [0.2, 0.25) is 0 Å². The maximum Gasteiger partial charge on any atom is 0.332 e. The van der Waals surface area contributed by atoms with Crippen molar-refractivity contribution in [1.82, 2.24) is 0 Å². The Hall–Kier alpha value is -0.280. The largest absolute Gasteiger partial charge is 0.479 e. The van der Waals surface area contributed by atoms with Crippen LogP contribution in [-0.2, 0) is 9.53 Å². The molecule has 0 aliphatic heterocycles. The van der Waals surface area contributed by atoms with E-state index in [2.05, 4.69) is 4.74 Å². The van der Waals surface area contributed by atoms with Crippen molar-refractivity contribution in [3.63, 3.8) is 0 Å². The highest BCUT2D eigenvalue weighted by atomic mass is 35.5. The molecule has 0 aliphatic rings. The molecule has 0 rings (SSSR count). The number of ether oxygens (including phenoxy) is 1. The normalized spacial score (nSPS) is 11.8. The van der Waals surface area contributed by atoms with Crippen LogP contribution in [0.3, 0.4) is 0 Å². The summed E-state index contributed by atoms with van der Waals surface area (Å²) in [6, 6.07) is 0. The lowest BCUT2D eigenvalue weighted by Gasteiger charge is -1.98. The average Bonchev–Trinajstić information content (AvgIpc) is 1.65. The average molecular weight is 141 g/mol. The molecule has 0 radical (unpaired) electrons. The molecule has 0 aromatic carbocycles. The molecule has 50 valence electrons.